The maximum atomic E-state index is 5.47. The molecule has 0 saturated carbocycles. The molecule has 1 aliphatic heterocycles. The van der Waals surface area contributed by atoms with Gasteiger partial charge in [0.15, 0.2) is 5.96 Å². The van der Waals surface area contributed by atoms with Gasteiger partial charge in [-0.3, -0.25) is 4.99 Å². The molecule has 1 aromatic carbocycles. The summed E-state index contributed by atoms with van der Waals surface area (Å²) >= 11 is 0. The Morgan fingerprint density at radius 1 is 1.31 bits per heavy atom. The van der Waals surface area contributed by atoms with Crippen LogP contribution in [0.3, 0.4) is 0 Å². The number of hydrogen-bond donors (Lipinski definition) is 1. The minimum Gasteiger partial charge on any atom is -0.381 e. The Kier molecular flexibility index (Phi) is 10.2. The topological polar surface area (TPSA) is 54.7 Å². The van der Waals surface area contributed by atoms with E-state index in [9.17, 15) is 0 Å². The van der Waals surface area contributed by atoms with Crippen molar-refractivity contribution in [3.63, 3.8) is 0 Å². The van der Waals surface area contributed by atoms with E-state index in [1.165, 1.54) is 24.8 Å². The summed E-state index contributed by atoms with van der Waals surface area (Å²) in [5.41, 5.74) is 2.29. The SMILES string of the molecule is CCNC(=NCCCn1c(C)nc2ccccc21)N(C)CCC1CCOCC1.I. The van der Waals surface area contributed by atoms with E-state index in [1.54, 1.807) is 0 Å². The Bertz CT molecular complexity index is 770. The third-order valence-electron chi connectivity index (χ3n) is 5.56. The summed E-state index contributed by atoms with van der Waals surface area (Å²) in [6.45, 7) is 9.75. The first kappa shape index (κ1) is 23.9. The van der Waals surface area contributed by atoms with Gasteiger partial charge >= 0.3 is 0 Å². The lowest BCUT2D eigenvalue weighted by molar-refractivity contribution is 0.0625. The van der Waals surface area contributed by atoms with Crippen molar-refractivity contribution in [3.8, 4) is 0 Å². The van der Waals surface area contributed by atoms with E-state index in [0.717, 1.165) is 69.0 Å². The van der Waals surface area contributed by atoms with E-state index in [2.05, 4.69) is 58.9 Å². The number of para-hydroxylation sites is 2. The van der Waals surface area contributed by atoms with Crippen LogP contribution in [0.1, 0.15) is 38.4 Å². The number of benzene rings is 1. The highest BCUT2D eigenvalue weighted by Gasteiger charge is 2.15. The Labute approximate surface area is 192 Å². The molecule has 2 aromatic rings. The average molecular weight is 513 g/mol. The van der Waals surface area contributed by atoms with Crippen LogP contribution in [0, 0.1) is 12.8 Å². The van der Waals surface area contributed by atoms with E-state index in [4.69, 9.17) is 9.73 Å². The van der Waals surface area contributed by atoms with Crippen LogP contribution in [0.25, 0.3) is 11.0 Å². The molecule has 0 spiro atoms. The third kappa shape index (κ3) is 6.84. The van der Waals surface area contributed by atoms with Gasteiger partial charge in [-0.2, -0.15) is 0 Å². The number of halogens is 1. The van der Waals surface area contributed by atoms with Crippen molar-refractivity contribution < 1.29 is 4.74 Å². The van der Waals surface area contributed by atoms with Crippen LogP contribution >= 0.6 is 24.0 Å². The normalized spacial score (nSPS) is 15.3. The molecule has 0 bridgehead atoms. The van der Waals surface area contributed by atoms with Gasteiger partial charge in [0.05, 0.1) is 11.0 Å². The average Bonchev–Trinajstić information content (AvgIpc) is 3.04. The number of rotatable bonds is 8. The third-order valence-corrected chi connectivity index (χ3v) is 5.56. The van der Waals surface area contributed by atoms with Gasteiger partial charge in [0.2, 0.25) is 0 Å². The molecule has 1 aliphatic rings. The smallest absolute Gasteiger partial charge is 0.193 e. The molecule has 1 saturated heterocycles. The second kappa shape index (κ2) is 12.4. The second-order valence-electron chi connectivity index (χ2n) is 7.65. The maximum Gasteiger partial charge on any atom is 0.193 e. The van der Waals surface area contributed by atoms with Crippen molar-refractivity contribution in [2.75, 3.05) is 39.9 Å². The van der Waals surface area contributed by atoms with Gasteiger partial charge in [-0.25, -0.2) is 4.98 Å². The molecule has 2 heterocycles. The van der Waals surface area contributed by atoms with E-state index in [-0.39, 0.29) is 24.0 Å². The number of nitrogens with one attached hydrogen (secondary N) is 1. The van der Waals surface area contributed by atoms with Crippen LogP contribution in [0.2, 0.25) is 0 Å². The lowest BCUT2D eigenvalue weighted by atomic mass is 9.96. The van der Waals surface area contributed by atoms with Crippen LogP contribution in [0.15, 0.2) is 29.3 Å². The highest BCUT2D eigenvalue weighted by Crippen LogP contribution is 2.18. The Morgan fingerprint density at radius 3 is 2.83 bits per heavy atom. The summed E-state index contributed by atoms with van der Waals surface area (Å²) in [6, 6.07) is 8.34. The van der Waals surface area contributed by atoms with Gasteiger partial charge in [0.25, 0.3) is 0 Å². The molecular formula is C22H36IN5O. The highest BCUT2D eigenvalue weighted by molar-refractivity contribution is 14.0. The fraction of sp³-hybridized carbons (Fsp3) is 0.636. The number of fused-ring (bicyclic) bond motifs is 1. The van der Waals surface area contributed by atoms with Crippen LogP contribution in [0.5, 0.6) is 0 Å². The zero-order valence-corrected chi connectivity index (χ0v) is 20.4. The summed E-state index contributed by atoms with van der Waals surface area (Å²) in [5.74, 6) is 2.88. The van der Waals surface area contributed by atoms with Gasteiger partial charge in [0.1, 0.15) is 5.82 Å². The molecule has 162 valence electrons. The quantitative estimate of drug-likeness (QED) is 0.250. The molecule has 1 fully saturated rings. The predicted octanol–water partition coefficient (Wildman–Crippen LogP) is 4.07. The first-order valence-electron chi connectivity index (χ1n) is 10.7. The second-order valence-corrected chi connectivity index (χ2v) is 7.65. The molecule has 0 unspecified atom stereocenters. The summed E-state index contributed by atoms with van der Waals surface area (Å²) in [6.07, 6.45) is 4.61. The molecule has 6 nitrogen and oxygen atoms in total. The number of ether oxygens (including phenoxy) is 1. The van der Waals surface area contributed by atoms with Crippen LogP contribution in [0.4, 0.5) is 0 Å². The van der Waals surface area contributed by atoms with Crippen molar-refractivity contribution in [1.82, 2.24) is 19.8 Å². The zero-order chi connectivity index (χ0) is 19.8. The van der Waals surface area contributed by atoms with E-state index >= 15 is 0 Å². The molecule has 0 atom stereocenters. The molecule has 1 aromatic heterocycles. The van der Waals surface area contributed by atoms with Crippen LogP contribution < -0.4 is 5.32 Å². The first-order valence-corrected chi connectivity index (χ1v) is 10.7. The summed E-state index contributed by atoms with van der Waals surface area (Å²) in [7, 11) is 2.15. The molecule has 1 N–H and O–H groups in total. The van der Waals surface area contributed by atoms with Gasteiger partial charge < -0.3 is 19.5 Å². The number of imidazole rings is 1. The minimum absolute atomic E-state index is 0. The Balaban J connectivity index is 0.00000300. The molecule has 0 amide bonds. The molecule has 3 rings (SSSR count). The number of guanidine groups is 1. The first-order chi connectivity index (χ1) is 13.7. The number of hydrogen-bond acceptors (Lipinski definition) is 3. The van der Waals surface area contributed by atoms with E-state index in [0.29, 0.717) is 0 Å². The number of aromatic nitrogens is 2. The van der Waals surface area contributed by atoms with Crippen molar-refractivity contribution >= 4 is 41.0 Å². The van der Waals surface area contributed by atoms with Gasteiger partial charge in [-0.05, 0) is 57.6 Å². The molecular weight excluding hydrogens is 477 g/mol. The lowest BCUT2D eigenvalue weighted by Gasteiger charge is -2.26. The number of nitrogens with zero attached hydrogens (tertiary/aromatic N) is 4. The predicted molar refractivity (Wildman–Crippen MR) is 131 cm³/mol. The van der Waals surface area contributed by atoms with Crippen molar-refractivity contribution in [2.24, 2.45) is 10.9 Å². The largest absolute Gasteiger partial charge is 0.381 e. The minimum atomic E-state index is 0. The number of aliphatic imine (C=N–C) groups is 1. The summed E-state index contributed by atoms with van der Waals surface area (Å²) in [5, 5.41) is 3.44. The monoisotopic (exact) mass is 513 g/mol. The van der Waals surface area contributed by atoms with Crippen LogP contribution in [-0.4, -0.2) is 60.3 Å². The Morgan fingerprint density at radius 2 is 2.07 bits per heavy atom. The lowest BCUT2D eigenvalue weighted by Crippen LogP contribution is -2.40. The standard InChI is InChI=1S/C22H35N5O.HI/c1-4-23-22(26(3)15-10-19-11-16-28-17-12-19)24-13-7-14-27-18(2)25-20-8-5-6-9-21(20)27;/h5-6,8-9,19H,4,7,10-17H2,1-3H3,(H,23,24);1H. The summed E-state index contributed by atoms with van der Waals surface area (Å²) < 4.78 is 7.77. The van der Waals surface area contributed by atoms with Gasteiger partial charge in [-0.15, -0.1) is 24.0 Å². The van der Waals surface area contributed by atoms with E-state index < -0.39 is 0 Å². The van der Waals surface area contributed by atoms with Gasteiger partial charge in [0, 0.05) is 46.4 Å². The fourth-order valence-corrected chi connectivity index (χ4v) is 3.88. The molecule has 0 radical (unpaired) electrons. The van der Waals surface area contributed by atoms with Crippen molar-refractivity contribution in [2.45, 2.75) is 46.1 Å². The molecule has 29 heavy (non-hydrogen) atoms. The van der Waals surface area contributed by atoms with Crippen molar-refractivity contribution in [3.05, 3.63) is 30.1 Å². The van der Waals surface area contributed by atoms with E-state index in [1.807, 2.05) is 6.07 Å². The maximum absolute atomic E-state index is 5.47. The van der Waals surface area contributed by atoms with Crippen molar-refractivity contribution in [1.29, 1.82) is 0 Å². The number of aryl methyl sites for hydroxylation is 2. The molecule has 0 aliphatic carbocycles. The zero-order valence-electron chi connectivity index (χ0n) is 18.1. The Hall–Kier alpha value is -1.35. The van der Waals surface area contributed by atoms with Gasteiger partial charge in [-0.1, -0.05) is 12.1 Å². The molecule has 7 heteroatoms. The van der Waals surface area contributed by atoms with Crippen LogP contribution in [-0.2, 0) is 11.3 Å². The highest BCUT2D eigenvalue weighted by atomic mass is 127. The fourth-order valence-electron chi connectivity index (χ4n) is 3.88. The summed E-state index contributed by atoms with van der Waals surface area (Å²) in [4.78, 5) is 11.8.